The van der Waals surface area contributed by atoms with E-state index in [1.54, 1.807) is 25.3 Å². The molecule has 0 bridgehead atoms. The van der Waals surface area contributed by atoms with Crippen LogP contribution in [-0.2, 0) is 0 Å². The van der Waals surface area contributed by atoms with Gasteiger partial charge in [0, 0.05) is 11.1 Å². The van der Waals surface area contributed by atoms with Crippen molar-refractivity contribution in [1.82, 2.24) is 15.2 Å². The first-order valence-corrected chi connectivity index (χ1v) is 10.2. The molecule has 2 heterocycles. The van der Waals surface area contributed by atoms with Gasteiger partial charge in [0.1, 0.15) is 5.75 Å². The first-order chi connectivity index (χ1) is 15.5. The molecule has 0 aliphatic heterocycles. The van der Waals surface area contributed by atoms with Gasteiger partial charge < -0.3 is 19.3 Å². The van der Waals surface area contributed by atoms with E-state index in [0.29, 0.717) is 52.7 Å². The Balaban J connectivity index is 1.82. The van der Waals surface area contributed by atoms with Crippen molar-refractivity contribution in [2.75, 3.05) is 20.3 Å². The van der Waals surface area contributed by atoms with Crippen LogP contribution in [0.25, 0.3) is 33.5 Å². The first-order valence-electron chi connectivity index (χ1n) is 10.2. The SMILES string of the molecule is CCOc1ccc(-c2[nH]nc3nc(-c4ccc(OCC)c(OC)c4)cc(C(=O)O)c23)cc1. The van der Waals surface area contributed by atoms with Crippen molar-refractivity contribution in [1.29, 1.82) is 0 Å². The second kappa shape index (κ2) is 8.97. The largest absolute Gasteiger partial charge is 0.494 e. The summed E-state index contributed by atoms with van der Waals surface area (Å²) in [5.41, 5.74) is 2.97. The lowest BCUT2D eigenvalue weighted by molar-refractivity contribution is 0.0699. The molecule has 8 nitrogen and oxygen atoms in total. The number of carboxylic acid groups (broad SMARTS) is 1. The van der Waals surface area contributed by atoms with Gasteiger partial charge in [-0.3, -0.25) is 5.10 Å². The number of pyridine rings is 1. The Bertz CT molecular complexity index is 1260. The minimum atomic E-state index is -1.06. The maximum atomic E-state index is 12.1. The highest BCUT2D eigenvalue weighted by Crippen LogP contribution is 2.35. The molecule has 32 heavy (non-hydrogen) atoms. The fourth-order valence-corrected chi connectivity index (χ4v) is 3.54. The smallest absolute Gasteiger partial charge is 0.336 e. The number of carbonyl (C=O) groups is 1. The molecule has 0 saturated heterocycles. The molecule has 2 aromatic carbocycles. The normalized spacial score (nSPS) is 10.8. The van der Waals surface area contributed by atoms with Gasteiger partial charge in [0.15, 0.2) is 17.1 Å². The van der Waals surface area contributed by atoms with Crippen LogP contribution < -0.4 is 14.2 Å². The first kappa shape index (κ1) is 21.2. The zero-order valence-electron chi connectivity index (χ0n) is 18.0. The summed E-state index contributed by atoms with van der Waals surface area (Å²) < 4.78 is 16.5. The van der Waals surface area contributed by atoms with Crippen LogP contribution in [0, 0.1) is 0 Å². The topological polar surface area (TPSA) is 107 Å². The number of fused-ring (bicyclic) bond motifs is 1. The van der Waals surface area contributed by atoms with Crippen LogP contribution in [0.3, 0.4) is 0 Å². The van der Waals surface area contributed by atoms with Crippen LogP contribution in [0.15, 0.2) is 48.5 Å². The van der Waals surface area contributed by atoms with Crippen LogP contribution in [-0.4, -0.2) is 46.6 Å². The van der Waals surface area contributed by atoms with Gasteiger partial charge in [-0.05, 0) is 62.4 Å². The number of ether oxygens (including phenoxy) is 3. The van der Waals surface area contributed by atoms with E-state index < -0.39 is 5.97 Å². The summed E-state index contributed by atoms with van der Waals surface area (Å²) in [7, 11) is 1.55. The molecule has 164 valence electrons. The van der Waals surface area contributed by atoms with Gasteiger partial charge in [0.2, 0.25) is 0 Å². The highest BCUT2D eigenvalue weighted by Gasteiger charge is 2.20. The van der Waals surface area contributed by atoms with Crippen LogP contribution in [0.5, 0.6) is 17.2 Å². The maximum absolute atomic E-state index is 12.1. The Kier molecular flexibility index (Phi) is 5.93. The van der Waals surface area contributed by atoms with Crippen molar-refractivity contribution in [2.45, 2.75) is 13.8 Å². The molecule has 2 aromatic heterocycles. The van der Waals surface area contributed by atoms with Gasteiger partial charge in [-0.25, -0.2) is 9.78 Å². The molecule has 0 fully saturated rings. The molecule has 8 heteroatoms. The molecule has 4 rings (SSSR count). The molecule has 0 unspecified atom stereocenters. The van der Waals surface area contributed by atoms with Crippen LogP contribution >= 0.6 is 0 Å². The molecule has 0 amide bonds. The number of methoxy groups -OCH3 is 1. The van der Waals surface area contributed by atoms with Gasteiger partial charge in [-0.15, -0.1) is 0 Å². The van der Waals surface area contributed by atoms with Crippen LogP contribution in [0.2, 0.25) is 0 Å². The number of hydrogen-bond donors (Lipinski definition) is 2. The van der Waals surface area contributed by atoms with E-state index in [9.17, 15) is 9.90 Å². The van der Waals surface area contributed by atoms with E-state index in [1.807, 2.05) is 44.2 Å². The van der Waals surface area contributed by atoms with Crippen molar-refractivity contribution in [3.63, 3.8) is 0 Å². The second-order valence-corrected chi connectivity index (χ2v) is 6.91. The quantitative estimate of drug-likeness (QED) is 0.411. The molecule has 0 spiro atoms. The van der Waals surface area contributed by atoms with Crippen molar-refractivity contribution < 1.29 is 24.1 Å². The third-order valence-electron chi connectivity index (χ3n) is 4.97. The minimum absolute atomic E-state index is 0.107. The lowest BCUT2D eigenvalue weighted by Gasteiger charge is -2.11. The maximum Gasteiger partial charge on any atom is 0.336 e. The summed E-state index contributed by atoms with van der Waals surface area (Å²) in [6, 6.07) is 14.3. The van der Waals surface area contributed by atoms with Gasteiger partial charge >= 0.3 is 5.97 Å². The predicted octanol–water partition coefficient (Wildman–Crippen LogP) is 4.80. The molecule has 0 radical (unpaired) electrons. The number of nitrogens with one attached hydrogen (secondary N) is 1. The highest BCUT2D eigenvalue weighted by atomic mass is 16.5. The highest BCUT2D eigenvalue weighted by molar-refractivity contribution is 6.08. The predicted molar refractivity (Wildman–Crippen MR) is 121 cm³/mol. The van der Waals surface area contributed by atoms with Gasteiger partial charge in [-0.2, -0.15) is 5.10 Å². The zero-order valence-corrected chi connectivity index (χ0v) is 18.0. The van der Waals surface area contributed by atoms with Crippen molar-refractivity contribution in [3.05, 3.63) is 54.1 Å². The molecular formula is C24H23N3O5. The number of carboxylic acids is 1. The summed E-state index contributed by atoms with van der Waals surface area (Å²) >= 11 is 0. The van der Waals surface area contributed by atoms with E-state index in [2.05, 4.69) is 15.2 Å². The van der Waals surface area contributed by atoms with Gasteiger partial charge in [-0.1, -0.05) is 0 Å². The Morgan fingerprint density at radius 1 is 0.969 bits per heavy atom. The van der Waals surface area contributed by atoms with Crippen molar-refractivity contribution >= 4 is 17.0 Å². The molecule has 0 atom stereocenters. The number of rotatable bonds is 8. The van der Waals surface area contributed by atoms with E-state index in [1.165, 1.54) is 0 Å². The van der Waals surface area contributed by atoms with E-state index >= 15 is 0 Å². The van der Waals surface area contributed by atoms with E-state index in [-0.39, 0.29) is 5.56 Å². The number of aromatic nitrogens is 3. The Morgan fingerprint density at radius 3 is 2.34 bits per heavy atom. The number of H-pyrrole nitrogens is 1. The van der Waals surface area contributed by atoms with Crippen molar-refractivity contribution in [3.8, 4) is 39.8 Å². The summed E-state index contributed by atoms with van der Waals surface area (Å²) in [6.07, 6.45) is 0. The number of benzene rings is 2. The second-order valence-electron chi connectivity index (χ2n) is 6.91. The fourth-order valence-electron chi connectivity index (χ4n) is 3.54. The minimum Gasteiger partial charge on any atom is -0.494 e. The van der Waals surface area contributed by atoms with Gasteiger partial charge in [0.05, 0.1) is 42.7 Å². The van der Waals surface area contributed by atoms with Crippen LogP contribution in [0.1, 0.15) is 24.2 Å². The summed E-state index contributed by atoms with van der Waals surface area (Å²) in [6.45, 7) is 4.88. The Hall–Kier alpha value is -4.07. The monoisotopic (exact) mass is 433 g/mol. The summed E-state index contributed by atoms with van der Waals surface area (Å²) in [5, 5.41) is 17.6. The van der Waals surface area contributed by atoms with Gasteiger partial charge in [0.25, 0.3) is 0 Å². The average Bonchev–Trinajstić information content (AvgIpc) is 3.23. The number of nitrogens with zero attached hydrogens (tertiary/aromatic N) is 2. The molecular weight excluding hydrogens is 410 g/mol. The number of hydrogen-bond acceptors (Lipinski definition) is 6. The number of aromatic amines is 1. The summed E-state index contributed by atoms with van der Waals surface area (Å²) in [4.78, 5) is 16.8. The average molecular weight is 433 g/mol. The lowest BCUT2D eigenvalue weighted by Crippen LogP contribution is -2.01. The molecule has 4 aromatic rings. The van der Waals surface area contributed by atoms with E-state index in [4.69, 9.17) is 14.2 Å². The molecule has 0 saturated carbocycles. The standard InChI is InChI=1S/C24H23N3O5/c1-4-31-16-9-6-14(7-10-16)22-21-17(24(28)29)13-18(25-23(21)27-26-22)15-8-11-19(32-5-2)20(12-15)30-3/h6-13H,4-5H2,1-3H3,(H,28,29)(H,25,26,27). The molecule has 2 N–H and O–H groups in total. The lowest BCUT2D eigenvalue weighted by atomic mass is 10.0. The fraction of sp³-hybridized carbons (Fsp3) is 0.208. The number of aromatic carboxylic acids is 1. The third kappa shape index (κ3) is 3.94. The Morgan fingerprint density at radius 2 is 1.69 bits per heavy atom. The van der Waals surface area contributed by atoms with Crippen molar-refractivity contribution in [2.24, 2.45) is 0 Å². The third-order valence-corrected chi connectivity index (χ3v) is 4.97. The van der Waals surface area contributed by atoms with Crippen LogP contribution in [0.4, 0.5) is 0 Å². The molecule has 0 aliphatic carbocycles. The van der Waals surface area contributed by atoms with E-state index in [0.717, 1.165) is 11.3 Å². The zero-order chi connectivity index (χ0) is 22.7. The summed E-state index contributed by atoms with van der Waals surface area (Å²) in [5.74, 6) is 0.824. The molecule has 0 aliphatic rings. The Labute approximate surface area is 184 Å².